The smallest absolute Gasteiger partial charge is 0.325 e. The van der Waals surface area contributed by atoms with E-state index < -0.39 is 11.6 Å². The third kappa shape index (κ3) is 4.02. The van der Waals surface area contributed by atoms with Gasteiger partial charge in [-0.15, -0.1) is 0 Å². The lowest BCUT2D eigenvalue weighted by molar-refractivity contribution is -0.136. The Bertz CT molecular complexity index is 1230. The zero-order valence-electron chi connectivity index (χ0n) is 19.2. The van der Waals surface area contributed by atoms with Crippen molar-refractivity contribution in [3.63, 3.8) is 0 Å². The number of pyridine rings is 1. The standard InChI is InChI=1S/C25H28N6O3/c1-2-17-9-11-25(12-10-17)23(33)30(24(34)29-25)15-22(32)27-14-18-7-8-21(26-13-18)31-16-28-19-5-3-4-6-20(19)31/h3-8,13,16-17H,2,9-12,14-15H2,1H3,(H,27,32)(H,29,34). The number of nitrogens with zero attached hydrogens (tertiary/aromatic N) is 4. The molecule has 0 atom stereocenters. The van der Waals surface area contributed by atoms with Gasteiger partial charge >= 0.3 is 6.03 Å². The number of imide groups is 1. The molecule has 3 heterocycles. The second-order valence-electron chi connectivity index (χ2n) is 9.16. The summed E-state index contributed by atoms with van der Waals surface area (Å²) in [5, 5.41) is 5.65. The largest absolute Gasteiger partial charge is 0.350 e. The number of hydrogen-bond acceptors (Lipinski definition) is 5. The average molecular weight is 461 g/mol. The molecule has 9 nitrogen and oxygen atoms in total. The molecule has 0 radical (unpaired) electrons. The molecule has 2 aromatic heterocycles. The number of rotatable bonds is 6. The number of benzene rings is 1. The maximum atomic E-state index is 13.0. The van der Waals surface area contributed by atoms with Gasteiger partial charge in [0, 0.05) is 12.7 Å². The molecule has 176 valence electrons. The van der Waals surface area contributed by atoms with Crippen LogP contribution < -0.4 is 10.6 Å². The Hall–Kier alpha value is -3.75. The molecule has 1 aromatic carbocycles. The number of hydrogen-bond donors (Lipinski definition) is 2. The SMILES string of the molecule is CCC1CCC2(CC1)NC(=O)N(CC(=O)NCc1ccc(-n3cnc4ccccc43)nc1)C2=O. The lowest BCUT2D eigenvalue weighted by Crippen LogP contribution is -2.50. The molecule has 2 N–H and O–H groups in total. The van der Waals surface area contributed by atoms with E-state index in [9.17, 15) is 14.4 Å². The van der Waals surface area contributed by atoms with Gasteiger partial charge in [-0.2, -0.15) is 0 Å². The van der Waals surface area contributed by atoms with Crippen LogP contribution in [-0.4, -0.2) is 49.4 Å². The minimum atomic E-state index is -0.833. The van der Waals surface area contributed by atoms with Gasteiger partial charge in [-0.1, -0.05) is 31.5 Å². The minimum absolute atomic E-state index is 0.254. The number of nitrogens with one attached hydrogen (secondary N) is 2. The molecule has 0 bridgehead atoms. The molecule has 4 amide bonds. The van der Waals surface area contributed by atoms with E-state index in [0.29, 0.717) is 18.8 Å². The number of aromatic nitrogens is 3. The predicted molar refractivity (Wildman–Crippen MR) is 126 cm³/mol. The molecule has 34 heavy (non-hydrogen) atoms. The van der Waals surface area contributed by atoms with Crippen LogP contribution in [0.15, 0.2) is 48.9 Å². The molecule has 1 saturated carbocycles. The highest BCUT2D eigenvalue weighted by Crippen LogP contribution is 2.37. The molecular weight excluding hydrogens is 432 g/mol. The first-order valence-corrected chi connectivity index (χ1v) is 11.8. The quantitative estimate of drug-likeness (QED) is 0.550. The normalized spacial score (nSPS) is 22.4. The van der Waals surface area contributed by atoms with Gasteiger partial charge < -0.3 is 10.6 Å². The lowest BCUT2D eigenvalue weighted by atomic mass is 9.75. The summed E-state index contributed by atoms with van der Waals surface area (Å²) < 4.78 is 1.90. The van der Waals surface area contributed by atoms with Crippen molar-refractivity contribution in [3.8, 4) is 5.82 Å². The van der Waals surface area contributed by atoms with Crippen LogP contribution in [0.25, 0.3) is 16.9 Å². The Morgan fingerprint density at radius 1 is 1.15 bits per heavy atom. The first-order valence-electron chi connectivity index (χ1n) is 11.8. The molecule has 3 aromatic rings. The van der Waals surface area contributed by atoms with E-state index >= 15 is 0 Å². The van der Waals surface area contributed by atoms with Crippen LogP contribution in [0.1, 0.15) is 44.6 Å². The topological polar surface area (TPSA) is 109 Å². The molecule has 2 aliphatic rings. The molecule has 0 unspecified atom stereocenters. The lowest BCUT2D eigenvalue weighted by Gasteiger charge is -2.34. The minimum Gasteiger partial charge on any atom is -0.350 e. The zero-order valence-corrected chi connectivity index (χ0v) is 19.2. The van der Waals surface area contributed by atoms with Crippen LogP contribution in [0.5, 0.6) is 0 Å². The fourth-order valence-electron chi connectivity index (χ4n) is 4.94. The number of urea groups is 1. The van der Waals surface area contributed by atoms with Crippen molar-refractivity contribution in [2.24, 2.45) is 5.92 Å². The van der Waals surface area contributed by atoms with Crippen LogP contribution in [0, 0.1) is 5.92 Å². The third-order valence-corrected chi connectivity index (χ3v) is 7.08. The molecule has 1 aliphatic heterocycles. The van der Waals surface area contributed by atoms with Gasteiger partial charge in [-0.3, -0.25) is 19.1 Å². The van der Waals surface area contributed by atoms with Gasteiger partial charge in [0.2, 0.25) is 5.91 Å². The van der Waals surface area contributed by atoms with Gasteiger partial charge in [-0.05, 0) is 55.4 Å². The monoisotopic (exact) mass is 460 g/mol. The second-order valence-corrected chi connectivity index (χ2v) is 9.16. The number of para-hydroxylation sites is 2. The number of fused-ring (bicyclic) bond motifs is 1. The second kappa shape index (κ2) is 8.89. The molecule has 1 spiro atoms. The number of carbonyl (C=O) groups excluding carboxylic acids is 3. The van der Waals surface area contributed by atoms with Crippen molar-refractivity contribution in [3.05, 3.63) is 54.5 Å². The van der Waals surface area contributed by atoms with Crippen LogP contribution >= 0.6 is 0 Å². The van der Waals surface area contributed by atoms with Crippen molar-refractivity contribution in [2.45, 2.75) is 51.1 Å². The highest BCUT2D eigenvalue weighted by molar-refractivity contribution is 6.09. The van der Waals surface area contributed by atoms with Crippen LogP contribution in [0.4, 0.5) is 4.79 Å². The Balaban J connectivity index is 1.17. The number of carbonyl (C=O) groups is 3. The molecular formula is C25H28N6O3. The van der Waals surface area contributed by atoms with E-state index in [1.54, 1.807) is 12.5 Å². The summed E-state index contributed by atoms with van der Waals surface area (Å²) in [5.74, 6) is 0.666. The molecule has 1 aliphatic carbocycles. The summed E-state index contributed by atoms with van der Waals surface area (Å²) in [5.41, 5.74) is 1.83. The van der Waals surface area contributed by atoms with Crippen molar-refractivity contribution < 1.29 is 14.4 Å². The predicted octanol–water partition coefficient (Wildman–Crippen LogP) is 2.93. The van der Waals surface area contributed by atoms with Crippen molar-refractivity contribution in [2.75, 3.05) is 6.54 Å². The molecule has 1 saturated heterocycles. The Morgan fingerprint density at radius 2 is 1.94 bits per heavy atom. The summed E-state index contributed by atoms with van der Waals surface area (Å²) >= 11 is 0. The fourth-order valence-corrected chi connectivity index (χ4v) is 4.94. The highest BCUT2D eigenvalue weighted by Gasteiger charge is 2.52. The Morgan fingerprint density at radius 3 is 2.68 bits per heavy atom. The van der Waals surface area contributed by atoms with Crippen molar-refractivity contribution in [1.29, 1.82) is 0 Å². The first kappa shape index (κ1) is 22.1. The third-order valence-electron chi connectivity index (χ3n) is 7.08. The van der Waals surface area contributed by atoms with Gasteiger partial charge in [-0.25, -0.2) is 14.8 Å². The zero-order chi connectivity index (χ0) is 23.7. The van der Waals surface area contributed by atoms with Gasteiger partial charge in [0.05, 0.1) is 11.0 Å². The Kier molecular flexibility index (Phi) is 5.77. The number of amides is 4. The summed E-state index contributed by atoms with van der Waals surface area (Å²) in [6.07, 6.45) is 7.62. The van der Waals surface area contributed by atoms with Crippen molar-refractivity contribution in [1.82, 2.24) is 30.1 Å². The first-order chi connectivity index (χ1) is 16.5. The Labute approximate surface area is 197 Å². The van der Waals surface area contributed by atoms with Crippen LogP contribution in [0.2, 0.25) is 0 Å². The summed E-state index contributed by atoms with van der Waals surface area (Å²) in [7, 11) is 0. The summed E-state index contributed by atoms with van der Waals surface area (Å²) in [4.78, 5) is 47.9. The van der Waals surface area contributed by atoms with E-state index in [4.69, 9.17) is 0 Å². The molecule has 2 fully saturated rings. The van der Waals surface area contributed by atoms with Gasteiger partial charge in [0.1, 0.15) is 24.2 Å². The maximum absolute atomic E-state index is 13.0. The van der Waals surface area contributed by atoms with E-state index in [1.807, 2.05) is 41.0 Å². The van der Waals surface area contributed by atoms with Crippen LogP contribution in [-0.2, 0) is 16.1 Å². The van der Waals surface area contributed by atoms with E-state index in [1.165, 1.54) is 0 Å². The highest BCUT2D eigenvalue weighted by atomic mass is 16.2. The van der Waals surface area contributed by atoms with Crippen molar-refractivity contribution >= 4 is 28.9 Å². The summed E-state index contributed by atoms with van der Waals surface area (Å²) in [6, 6.07) is 11.1. The van der Waals surface area contributed by atoms with Gasteiger partial charge in [0.25, 0.3) is 5.91 Å². The fraction of sp³-hybridized carbons (Fsp3) is 0.400. The van der Waals surface area contributed by atoms with Crippen LogP contribution in [0.3, 0.4) is 0 Å². The maximum Gasteiger partial charge on any atom is 0.325 e. The van der Waals surface area contributed by atoms with Gasteiger partial charge in [0.15, 0.2) is 0 Å². The summed E-state index contributed by atoms with van der Waals surface area (Å²) in [6.45, 7) is 2.12. The van der Waals surface area contributed by atoms with E-state index in [0.717, 1.165) is 46.6 Å². The van der Waals surface area contributed by atoms with E-state index in [-0.39, 0.29) is 24.9 Å². The number of imidazole rings is 1. The molecule has 5 rings (SSSR count). The molecule has 9 heteroatoms. The van der Waals surface area contributed by atoms with E-state index in [2.05, 4.69) is 27.5 Å². The average Bonchev–Trinajstić information content (AvgIpc) is 3.39.